The zero-order chi connectivity index (χ0) is 22.8. The van der Waals surface area contributed by atoms with Crippen LogP contribution in [0.5, 0.6) is 0 Å². The van der Waals surface area contributed by atoms with Crippen LogP contribution in [-0.4, -0.2) is 47.6 Å². The van der Waals surface area contributed by atoms with E-state index >= 15 is 0 Å². The van der Waals surface area contributed by atoms with Crippen LogP contribution >= 0.6 is 0 Å². The Labute approximate surface area is 176 Å². The van der Waals surface area contributed by atoms with Gasteiger partial charge in [-0.3, -0.25) is 0 Å². The number of carbonyl (C=O) groups is 2. The molecule has 0 aliphatic rings. The van der Waals surface area contributed by atoms with Gasteiger partial charge in [-0.15, -0.1) is 0 Å². The van der Waals surface area contributed by atoms with Gasteiger partial charge in [0.15, 0.2) is 0 Å². The van der Waals surface area contributed by atoms with E-state index in [1.165, 1.54) is 0 Å². The predicted molar refractivity (Wildman–Crippen MR) is 118 cm³/mol. The zero-order valence-electron chi connectivity index (χ0n) is 19.6. The van der Waals surface area contributed by atoms with E-state index in [9.17, 15) is 9.59 Å². The Bertz CT molecular complexity index is 595. The number of amides is 2. The van der Waals surface area contributed by atoms with Crippen molar-refractivity contribution < 1.29 is 19.1 Å². The molecule has 0 heterocycles. The van der Waals surface area contributed by atoms with E-state index in [2.05, 4.69) is 30.9 Å². The van der Waals surface area contributed by atoms with E-state index in [1.807, 2.05) is 13.0 Å². The molecule has 0 aromatic carbocycles. The second-order valence-electron chi connectivity index (χ2n) is 9.03. The van der Waals surface area contributed by atoms with Gasteiger partial charge in [-0.05, 0) is 86.2 Å². The fraction of sp³-hybridized carbons (Fsp3) is 0.682. The lowest BCUT2D eigenvalue weighted by atomic mass is 10.1. The Kier molecular flexibility index (Phi) is 10.9. The largest absolute Gasteiger partial charge is 0.443 e. The number of rotatable bonds is 8. The summed E-state index contributed by atoms with van der Waals surface area (Å²) >= 11 is 0. The van der Waals surface area contributed by atoms with Gasteiger partial charge in [0, 0.05) is 6.04 Å². The van der Waals surface area contributed by atoms with Crippen LogP contribution in [0.2, 0.25) is 0 Å². The number of hydrogen-bond donors (Lipinski definition) is 1. The van der Waals surface area contributed by atoms with Crippen LogP contribution in [0, 0.1) is 0 Å². The summed E-state index contributed by atoms with van der Waals surface area (Å²) in [6, 6.07) is 0.417. The minimum absolute atomic E-state index is 0.0680. The molecule has 0 unspecified atom stereocenters. The molecule has 166 valence electrons. The maximum atomic E-state index is 12.7. The fourth-order valence-electron chi connectivity index (χ4n) is 2.21. The van der Waals surface area contributed by atoms with E-state index in [1.54, 1.807) is 47.6 Å². The van der Waals surface area contributed by atoms with Crippen molar-refractivity contribution in [3.8, 4) is 0 Å². The molecule has 0 radical (unpaired) electrons. The summed E-state index contributed by atoms with van der Waals surface area (Å²) < 4.78 is 10.8. The highest BCUT2D eigenvalue weighted by Crippen LogP contribution is 2.21. The Morgan fingerprint density at radius 1 is 1.07 bits per heavy atom. The van der Waals surface area contributed by atoms with Crippen molar-refractivity contribution in [3.05, 3.63) is 23.5 Å². The highest BCUT2D eigenvalue weighted by molar-refractivity contribution is 5.90. The van der Waals surface area contributed by atoms with Crippen LogP contribution in [0.15, 0.2) is 28.5 Å². The van der Waals surface area contributed by atoms with Crippen LogP contribution in [0.1, 0.15) is 75.2 Å². The van der Waals surface area contributed by atoms with Gasteiger partial charge in [-0.2, -0.15) is 4.90 Å². The molecule has 7 heteroatoms. The molecule has 0 bridgehead atoms. The number of nitrogens with zero attached hydrogens (tertiary/aromatic N) is 2. The summed E-state index contributed by atoms with van der Waals surface area (Å²) in [7, 11) is 0. The molecular weight excluding hydrogens is 370 g/mol. The molecule has 0 aromatic heterocycles. The van der Waals surface area contributed by atoms with Gasteiger partial charge in [0.1, 0.15) is 17.0 Å². The highest BCUT2D eigenvalue weighted by atomic mass is 16.6. The summed E-state index contributed by atoms with van der Waals surface area (Å²) in [4.78, 5) is 30.2. The van der Waals surface area contributed by atoms with Crippen LogP contribution < -0.4 is 5.32 Å². The number of allylic oxidation sites excluding steroid dienone is 3. The summed E-state index contributed by atoms with van der Waals surface area (Å²) in [6.45, 7) is 20.8. The predicted octanol–water partition coefficient (Wildman–Crippen LogP) is 5.43. The maximum absolute atomic E-state index is 12.7. The normalized spacial score (nSPS) is 13.3. The fourth-order valence-corrected chi connectivity index (χ4v) is 2.21. The Morgan fingerprint density at radius 3 is 1.90 bits per heavy atom. The summed E-state index contributed by atoms with van der Waals surface area (Å²) in [6.07, 6.45) is 3.52. The number of hydrogen-bond acceptors (Lipinski definition) is 6. The number of aliphatic imine (C=N–C) groups is 1. The second-order valence-corrected chi connectivity index (χ2v) is 9.03. The molecule has 0 aliphatic carbocycles. The molecule has 0 rings (SSSR count). The molecule has 0 saturated heterocycles. The van der Waals surface area contributed by atoms with Gasteiger partial charge in [0.2, 0.25) is 0 Å². The molecule has 1 N–H and O–H groups in total. The van der Waals surface area contributed by atoms with Gasteiger partial charge in [0.05, 0.1) is 0 Å². The number of nitrogens with one attached hydrogen (secondary N) is 1. The molecule has 0 fully saturated rings. The van der Waals surface area contributed by atoms with Crippen molar-refractivity contribution in [1.29, 1.82) is 0 Å². The third-order valence-corrected chi connectivity index (χ3v) is 3.42. The third kappa shape index (κ3) is 12.1. The Hall–Kier alpha value is -2.15. The molecular formula is C22H39N3O4. The van der Waals surface area contributed by atoms with Crippen LogP contribution in [0.25, 0.3) is 0 Å². The zero-order valence-corrected chi connectivity index (χ0v) is 19.6. The quantitative estimate of drug-likeness (QED) is 0.329. The monoisotopic (exact) mass is 409 g/mol. The summed E-state index contributed by atoms with van der Waals surface area (Å²) in [5.74, 6) is 0.0680. The van der Waals surface area contributed by atoms with E-state index in [-0.39, 0.29) is 5.82 Å². The molecule has 7 nitrogen and oxygen atoms in total. The van der Waals surface area contributed by atoms with Crippen LogP contribution in [0.3, 0.4) is 0 Å². The Morgan fingerprint density at radius 2 is 1.55 bits per heavy atom. The minimum Gasteiger partial charge on any atom is -0.443 e. The average Bonchev–Trinajstić information content (AvgIpc) is 2.52. The van der Waals surface area contributed by atoms with Crippen molar-refractivity contribution in [2.75, 3.05) is 6.54 Å². The first-order valence-corrected chi connectivity index (χ1v) is 10.0. The molecule has 0 aromatic rings. The number of ether oxygens (including phenoxy) is 2. The van der Waals surface area contributed by atoms with E-state index in [4.69, 9.17) is 9.47 Å². The van der Waals surface area contributed by atoms with Gasteiger partial charge in [0.25, 0.3) is 0 Å². The first-order chi connectivity index (χ1) is 13.2. The smallest absolute Gasteiger partial charge is 0.425 e. The van der Waals surface area contributed by atoms with Crippen molar-refractivity contribution in [1.82, 2.24) is 10.2 Å². The first kappa shape index (κ1) is 26.9. The average molecular weight is 410 g/mol. The van der Waals surface area contributed by atoms with Gasteiger partial charge >= 0.3 is 12.2 Å². The molecule has 0 spiro atoms. The molecule has 0 aliphatic heterocycles. The molecule has 0 saturated carbocycles. The maximum Gasteiger partial charge on any atom is 0.425 e. The van der Waals surface area contributed by atoms with Crippen LogP contribution in [-0.2, 0) is 9.47 Å². The van der Waals surface area contributed by atoms with Crippen molar-refractivity contribution in [2.24, 2.45) is 4.99 Å². The van der Waals surface area contributed by atoms with Gasteiger partial charge < -0.3 is 14.8 Å². The second kappa shape index (κ2) is 11.8. The van der Waals surface area contributed by atoms with Gasteiger partial charge in [-0.25, -0.2) is 14.6 Å². The third-order valence-electron chi connectivity index (χ3n) is 3.42. The Balaban J connectivity index is 5.70. The lowest BCUT2D eigenvalue weighted by molar-refractivity contribution is 0.00813. The van der Waals surface area contributed by atoms with E-state index < -0.39 is 23.4 Å². The summed E-state index contributed by atoms with van der Waals surface area (Å²) in [5, 5.41) is 3.36. The molecule has 0 atom stereocenters. The number of carbonyl (C=O) groups excluding carboxylic acids is 2. The number of imide groups is 1. The van der Waals surface area contributed by atoms with Crippen molar-refractivity contribution in [2.45, 2.75) is 92.4 Å². The SMILES string of the molecule is C=N/C(=C\C(=C/C)CCCNC(C)C)N(C(=O)OC(C)(C)C)C(=O)OC(C)(C)C. The van der Waals surface area contributed by atoms with Crippen molar-refractivity contribution >= 4 is 18.9 Å². The lowest BCUT2D eigenvalue weighted by Gasteiger charge is -2.28. The topological polar surface area (TPSA) is 80.2 Å². The van der Waals surface area contributed by atoms with E-state index in [0.717, 1.165) is 29.9 Å². The van der Waals surface area contributed by atoms with E-state index in [0.29, 0.717) is 6.04 Å². The minimum atomic E-state index is -0.859. The molecule has 29 heavy (non-hydrogen) atoms. The molecule has 2 amide bonds. The van der Waals surface area contributed by atoms with Crippen molar-refractivity contribution in [3.63, 3.8) is 0 Å². The highest BCUT2D eigenvalue weighted by Gasteiger charge is 2.33. The van der Waals surface area contributed by atoms with Crippen LogP contribution in [0.4, 0.5) is 9.59 Å². The lowest BCUT2D eigenvalue weighted by Crippen LogP contribution is -2.42. The summed E-state index contributed by atoms with van der Waals surface area (Å²) in [5.41, 5.74) is -0.638. The first-order valence-electron chi connectivity index (χ1n) is 10.0. The standard InChI is InChI=1S/C22H39N3O4/c1-11-17(13-12-14-24-16(2)3)15-18(23-10)25(19(26)28-21(4,5)6)20(27)29-22(7,8)9/h11,15-16,24H,10,12-14H2,1-9H3/b17-11-,18-15+. The van der Waals surface area contributed by atoms with Gasteiger partial charge in [-0.1, -0.05) is 19.9 Å².